The maximum atomic E-state index is 13.0. The van der Waals surface area contributed by atoms with Crippen molar-refractivity contribution in [2.75, 3.05) is 17.2 Å². The van der Waals surface area contributed by atoms with Crippen molar-refractivity contribution < 1.29 is 4.79 Å². The second-order valence-corrected chi connectivity index (χ2v) is 9.74. The number of rotatable bonds is 3. The normalized spacial score (nSPS) is 16.0. The fraction of sp³-hybridized carbons (Fsp3) is 0.409. The largest absolute Gasteiger partial charge is 0.311 e. The van der Waals surface area contributed by atoms with Crippen molar-refractivity contribution in [1.29, 1.82) is 0 Å². The van der Waals surface area contributed by atoms with Crippen LogP contribution in [-0.4, -0.2) is 27.8 Å². The average molecular weight is 426 g/mol. The molecule has 1 aliphatic carbocycles. The van der Waals surface area contributed by atoms with E-state index in [9.17, 15) is 9.59 Å². The van der Waals surface area contributed by atoms with Crippen LogP contribution in [0.4, 0.5) is 5.69 Å². The molecule has 0 radical (unpaired) electrons. The van der Waals surface area contributed by atoms with E-state index >= 15 is 0 Å². The number of thioether (sulfide) groups is 1. The third-order valence-corrected chi connectivity index (χ3v) is 8.09. The number of hydrogen-bond donors (Lipinski definition) is 0. The van der Waals surface area contributed by atoms with E-state index in [-0.39, 0.29) is 17.2 Å². The van der Waals surface area contributed by atoms with Crippen molar-refractivity contribution in [1.82, 2.24) is 9.55 Å². The fourth-order valence-electron chi connectivity index (χ4n) is 4.39. The lowest BCUT2D eigenvalue weighted by Gasteiger charge is -2.29. The van der Waals surface area contributed by atoms with Crippen LogP contribution in [0.1, 0.15) is 35.3 Å². The Bertz CT molecular complexity index is 1160. The third-order valence-electron chi connectivity index (χ3n) is 5.89. The molecule has 2 aromatic heterocycles. The molecule has 0 unspecified atom stereocenters. The Morgan fingerprint density at radius 3 is 2.90 bits per heavy atom. The summed E-state index contributed by atoms with van der Waals surface area (Å²) >= 11 is 3.02. The van der Waals surface area contributed by atoms with E-state index in [0.717, 1.165) is 54.6 Å². The van der Waals surface area contributed by atoms with E-state index < -0.39 is 0 Å². The molecule has 1 aromatic carbocycles. The van der Waals surface area contributed by atoms with Gasteiger partial charge in [0.1, 0.15) is 4.83 Å². The van der Waals surface area contributed by atoms with Crippen LogP contribution in [0.5, 0.6) is 0 Å². The molecule has 0 spiro atoms. The number of nitrogens with zero attached hydrogens (tertiary/aromatic N) is 3. The van der Waals surface area contributed by atoms with Crippen molar-refractivity contribution in [2.45, 2.75) is 43.7 Å². The van der Waals surface area contributed by atoms with Gasteiger partial charge >= 0.3 is 0 Å². The summed E-state index contributed by atoms with van der Waals surface area (Å²) < 4.78 is 1.62. The van der Waals surface area contributed by atoms with E-state index in [2.05, 4.69) is 6.07 Å². The van der Waals surface area contributed by atoms with Gasteiger partial charge in [0, 0.05) is 24.2 Å². The molecule has 5 nitrogen and oxygen atoms in total. The lowest BCUT2D eigenvalue weighted by Crippen LogP contribution is -2.36. The molecule has 3 heterocycles. The van der Waals surface area contributed by atoms with E-state index in [1.54, 1.807) is 23.0 Å². The van der Waals surface area contributed by atoms with Gasteiger partial charge in [-0.2, -0.15) is 0 Å². The summed E-state index contributed by atoms with van der Waals surface area (Å²) in [5.41, 5.74) is 3.48. The number of carbonyl (C=O) groups is 1. The maximum Gasteiger partial charge on any atom is 0.262 e. The Kier molecular flexibility index (Phi) is 4.95. The molecule has 29 heavy (non-hydrogen) atoms. The molecule has 5 rings (SSSR count). The standard InChI is InChI=1S/C22H23N3O2S2/c1-24-21(27)19-15-9-3-5-11-17(15)29-20(19)23-22(24)28-13-18(26)25-12-6-8-14-7-2-4-10-16(14)25/h2,4,7,10H,3,5-6,8-9,11-13H2,1H3. The highest BCUT2D eigenvalue weighted by Crippen LogP contribution is 2.35. The minimum Gasteiger partial charge on any atom is -0.311 e. The molecule has 0 atom stereocenters. The number of anilines is 1. The number of aryl methyl sites for hydroxylation is 3. The Morgan fingerprint density at radius 1 is 1.17 bits per heavy atom. The van der Waals surface area contributed by atoms with Crippen LogP contribution >= 0.6 is 23.1 Å². The predicted molar refractivity (Wildman–Crippen MR) is 119 cm³/mol. The van der Waals surface area contributed by atoms with Crippen LogP contribution in [0, 0.1) is 0 Å². The molecule has 2 aliphatic rings. The second kappa shape index (κ2) is 7.61. The molecular formula is C22H23N3O2S2. The number of benzene rings is 1. The molecule has 3 aromatic rings. The Balaban J connectivity index is 1.41. The van der Waals surface area contributed by atoms with Crippen LogP contribution in [0.25, 0.3) is 10.2 Å². The number of carbonyl (C=O) groups excluding carboxylic acids is 1. The number of amides is 1. The van der Waals surface area contributed by atoms with Gasteiger partial charge in [-0.05, 0) is 55.7 Å². The van der Waals surface area contributed by atoms with Crippen LogP contribution in [0.3, 0.4) is 0 Å². The van der Waals surface area contributed by atoms with E-state index in [1.165, 1.54) is 34.2 Å². The van der Waals surface area contributed by atoms with Gasteiger partial charge in [0.25, 0.3) is 5.56 Å². The summed E-state index contributed by atoms with van der Waals surface area (Å²) in [6.07, 6.45) is 6.36. The third kappa shape index (κ3) is 3.30. The van der Waals surface area contributed by atoms with Gasteiger partial charge in [-0.1, -0.05) is 30.0 Å². The fourth-order valence-corrected chi connectivity index (χ4v) is 6.54. The maximum absolute atomic E-state index is 13.0. The number of para-hydroxylation sites is 1. The van der Waals surface area contributed by atoms with Gasteiger partial charge < -0.3 is 4.90 Å². The van der Waals surface area contributed by atoms with Crippen molar-refractivity contribution in [3.8, 4) is 0 Å². The number of fused-ring (bicyclic) bond motifs is 4. The predicted octanol–water partition coefficient (Wildman–Crippen LogP) is 3.95. The molecule has 150 valence electrons. The molecule has 0 saturated heterocycles. The lowest BCUT2D eigenvalue weighted by molar-refractivity contribution is -0.116. The summed E-state index contributed by atoms with van der Waals surface area (Å²) in [4.78, 5) is 34.8. The molecular weight excluding hydrogens is 402 g/mol. The highest BCUT2D eigenvalue weighted by molar-refractivity contribution is 7.99. The lowest BCUT2D eigenvalue weighted by atomic mass is 9.97. The molecule has 0 saturated carbocycles. The highest BCUT2D eigenvalue weighted by atomic mass is 32.2. The molecule has 0 N–H and O–H groups in total. The van der Waals surface area contributed by atoms with E-state index in [4.69, 9.17) is 4.98 Å². The molecule has 0 fully saturated rings. The molecule has 7 heteroatoms. The van der Waals surface area contributed by atoms with E-state index in [1.807, 2.05) is 23.1 Å². The first-order valence-electron chi connectivity index (χ1n) is 10.2. The van der Waals surface area contributed by atoms with Crippen molar-refractivity contribution in [3.63, 3.8) is 0 Å². The topological polar surface area (TPSA) is 55.2 Å². The summed E-state index contributed by atoms with van der Waals surface area (Å²) in [7, 11) is 1.77. The van der Waals surface area contributed by atoms with Gasteiger partial charge in [0.15, 0.2) is 5.16 Å². The Morgan fingerprint density at radius 2 is 2.00 bits per heavy atom. The zero-order chi connectivity index (χ0) is 20.0. The number of thiophene rings is 1. The zero-order valence-electron chi connectivity index (χ0n) is 16.4. The van der Waals surface area contributed by atoms with Crippen LogP contribution < -0.4 is 10.5 Å². The van der Waals surface area contributed by atoms with Crippen molar-refractivity contribution in [2.24, 2.45) is 7.05 Å². The SMILES string of the molecule is Cn1c(SCC(=O)N2CCCc3ccccc32)nc2sc3c(c2c1=O)CCCC3. The first-order valence-corrected chi connectivity index (χ1v) is 12.0. The van der Waals surface area contributed by atoms with Gasteiger partial charge in [-0.3, -0.25) is 14.2 Å². The molecule has 1 aliphatic heterocycles. The summed E-state index contributed by atoms with van der Waals surface area (Å²) in [5, 5.41) is 1.42. The van der Waals surface area contributed by atoms with Crippen LogP contribution in [-0.2, 0) is 31.1 Å². The molecule has 0 bridgehead atoms. The minimum atomic E-state index is 0.0210. The summed E-state index contributed by atoms with van der Waals surface area (Å²) in [6, 6.07) is 8.12. The van der Waals surface area contributed by atoms with Gasteiger partial charge in [-0.15, -0.1) is 11.3 Å². The Hall–Kier alpha value is -2.12. The van der Waals surface area contributed by atoms with Crippen molar-refractivity contribution in [3.05, 3.63) is 50.6 Å². The number of hydrogen-bond acceptors (Lipinski definition) is 5. The van der Waals surface area contributed by atoms with Crippen LogP contribution in [0.2, 0.25) is 0 Å². The van der Waals surface area contributed by atoms with E-state index in [0.29, 0.717) is 5.16 Å². The van der Waals surface area contributed by atoms with Crippen molar-refractivity contribution >= 4 is 44.9 Å². The summed E-state index contributed by atoms with van der Waals surface area (Å²) in [5.74, 6) is 0.354. The van der Waals surface area contributed by atoms with Gasteiger partial charge in [0.05, 0.1) is 11.1 Å². The zero-order valence-corrected chi connectivity index (χ0v) is 18.1. The van der Waals surface area contributed by atoms with Gasteiger partial charge in [-0.25, -0.2) is 4.98 Å². The summed E-state index contributed by atoms with van der Waals surface area (Å²) in [6.45, 7) is 0.749. The van der Waals surface area contributed by atoms with Crippen LogP contribution in [0.15, 0.2) is 34.2 Å². The molecule has 1 amide bonds. The average Bonchev–Trinajstić information content (AvgIpc) is 3.13. The first kappa shape index (κ1) is 18.9. The first-order chi connectivity index (χ1) is 14.1. The Labute approximate surface area is 177 Å². The number of aromatic nitrogens is 2. The second-order valence-electron chi connectivity index (χ2n) is 7.72. The minimum absolute atomic E-state index is 0.0210. The highest BCUT2D eigenvalue weighted by Gasteiger charge is 2.24. The van der Waals surface area contributed by atoms with Gasteiger partial charge in [0.2, 0.25) is 5.91 Å². The smallest absolute Gasteiger partial charge is 0.262 e. The monoisotopic (exact) mass is 425 g/mol. The quantitative estimate of drug-likeness (QED) is 0.471.